The second-order valence-corrected chi connectivity index (χ2v) is 12.5. The summed E-state index contributed by atoms with van der Waals surface area (Å²) in [5.74, 6) is 0.321. The van der Waals surface area contributed by atoms with Gasteiger partial charge >= 0.3 is 0 Å². The van der Waals surface area contributed by atoms with E-state index in [0.717, 1.165) is 50.5 Å². The van der Waals surface area contributed by atoms with Gasteiger partial charge in [-0.1, -0.05) is 55.0 Å². The molecular formula is C34H32Cl2N2O4. The lowest BCUT2D eigenvalue weighted by Crippen LogP contribution is -2.42. The minimum Gasteiger partial charge on any atom is -0.507 e. The standard InChI is InChI=1S/C34H32Cl2N2O4/c35-15-21-17-37(27-13-29(39)23-8-1-3-10-25(23)31(21)27)33(41)19-6-5-7-20(12-19)34(42)38-18-22(16-36)32-26-11-4-2-9-24(26)30(40)14-28(32)38/h1-4,8-11,13-14,19-22,39-40H,5-7,12,15-18H2/t19-,20?,21+,22+/m0/s1. The van der Waals surface area contributed by atoms with Gasteiger partial charge in [0, 0.05) is 71.4 Å². The Hall–Kier alpha value is -3.48. The molecule has 0 spiro atoms. The van der Waals surface area contributed by atoms with Gasteiger partial charge in [0.05, 0.1) is 11.4 Å². The highest BCUT2D eigenvalue weighted by Crippen LogP contribution is 2.48. The number of hydrogen-bond acceptors (Lipinski definition) is 4. The van der Waals surface area contributed by atoms with E-state index in [1.807, 2.05) is 48.5 Å². The smallest absolute Gasteiger partial charge is 0.230 e. The Bertz CT molecular complexity index is 1620. The Kier molecular flexibility index (Phi) is 6.94. The molecule has 0 radical (unpaired) electrons. The van der Waals surface area contributed by atoms with Gasteiger partial charge in [-0.15, -0.1) is 23.2 Å². The molecule has 216 valence electrons. The van der Waals surface area contributed by atoms with Gasteiger partial charge in [0.15, 0.2) is 0 Å². The third kappa shape index (κ3) is 4.22. The first-order valence-electron chi connectivity index (χ1n) is 14.6. The Morgan fingerprint density at radius 2 is 1.10 bits per heavy atom. The normalized spacial score (nSPS) is 23.4. The van der Waals surface area contributed by atoms with Gasteiger partial charge < -0.3 is 20.0 Å². The van der Waals surface area contributed by atoms with Crippen molar-refractivity contribution in [1.29, 1.82) is 0 Å². The molecule has 2 N–H and O–H groups in total. The monoisotopic (exact) mass is 602 g/mol. The number of carbonyl (C=O) groups excluding carboxylic acids is 2. The number of carbonyl (C=O) groups is 2. The first-order valence-corrected chi connectivity index (χ1v) is 15.7. The zero-order chi connectivity index (χ0) is 29.1. The number of nitrogens with zero attached hydrogens (tertiary/aromatic N) is 2. The zero-order valence-electron chi connectivity index (χ0n) is 23.1. The Morgan fingerprint density at radius 3 is 1.50 bits per heavy atom. The first kappa shape index (κ1) is 27.4. The van der Waals surface area contributed by atoms with E-state index in [1.165, 1.54) is 0 Å². The van der Waals surface area contributed by atoms with E-state index in [1.54, 1.807) is 21.9 Å². The van der Waals surface area contributed by atoms with Crippen molar-refractivity contribution in [2.45, 2.75) is 37.5 Å². The molecular weight excluding hydrogens is 571 g/mol. The van der Waals surface area contributed by atoms with Gasteiger partial charge in [-0.05, 0) is 41.2 Å². The fourth-order valence-electron chi connectivity index (χ4n) is 7.60. The molecule has 4 aromatic carbocycles. The second kappa shape index (κ2) is 10.7. The molecule has 3 aliphatic rings. The van der Waals surface area contributed by atoms with E-state index in [-0.39, 0.29) is 47.0 Å². The van der Waals surface area contributed by atoms with Crippen LogP contribution in [0.25, 0.3) is 21.5 Å². The molecule has 1 unspecified atom stereocenters. The summed E-state index contributed by atoms with van der Waals surface area (Å²) in [5.41, 5.74) is 3.44. The SMILES string of the molecule is O=C(C1CCC[C@H](C(=O)N2C[C@@H](CCl)c3c2cc(O)c2ccccc32)C1)N1C[C@@H](CCl)c2c1cc(O)c1ccccc21. The summed E-state index contributed by atoms with van der Waals surface area (Å²) >= 11 is 12.8. The average molecular weight is 604 g/mol. The molecule has 1 aliphatic carbocycles. The van der Waals surface area contributed by atoms with E-state index < -0.39 is 0 Å². The van der Waals surface area contributed by atoms with Crippen LogP contribution in [0.4, 0.5) is 11.4 Å². The van der Waals surface area contributed by atoms with Crippen molar-refractivity contribution < 1.29 is 19.8 Å². The summed E-state index contributed by atoms with van der Waals surface area (Å²) < 4.78 is 0. The summed E-state index contributed by atoms with van der Waals surface area (Å²) in [6, 6.07) is 18.7. The van der Waals surface area contributed by atoms with Crippen LogP contribution in [0.5, 0.6) is 11.5 Å². The van der Waals surface area contributed by atoms with Crippen LogP contribution in [0.15, 0.2) is 60.7 Å². The molecule has 2 heterocycles. The molecule has 2 amide bonds. The molecule has 1 fully saturated rings. The van der Waals surface area contributed by atoms with Crippen LogP contribution >= 0.6 is 23.2 Å². The van der Waals surface area contributed by atoms with E-state index in [4.69, 9.17) is 23.2 Å². The Labute approximate surface area is 254 Å². The van der Waals surface area contributed by atoms with Gasteiger partial charge in [0.25, 0.3) is 0 Å². The summed E-state index contributed by atoms with van der Waals surface area (Å²) in [6.07, 6.45) is 2.67. The molecule has 2 aliphatic heterocycles. The number of anilines is 2. The Morgan fingerprint density at radius 1 is 0.690 bits per heavy atom. The lowest BCUT2D eigenvalue weighted by atomic mass is 9.80. The second-order valence-electron chi connectivity index (χ2n) is 11.9. The van der Waals surface area contributed by atoms with Crippen LogP contribution in [0.1, 0.15) is 48.6 Å². The maximum atomic E-state index is 14.1. The summed E-state index contributed by atoms with van der Waals surface area (Å²) in [4.78, 5) is 31.7. The third-order valence-corrected chi connectivity index (χ3v) is 10.3. The number of hydrogen-bond donors (Lipinski definition) is 2. The van der Waals surface area contributed by atoms with Crippen LogP contribution < -0.4 is 9.80 Å². The minimum atomic E-state index is -0.306. The third-order valence-electron chi connectivity index (χ3n) is 9.57. The van der Waals surface area contributed by atoms with Gasteiger partial charge in [-0.25, -0.2) is 0 Å². The zero-order valence-corrected chi connectivity index (χ0v) is 24.6. The number of amides is 2. The molecule has 7 rings (SSSR count). The molecule has 0 aromatic heterocycles. The number of aromatic hydroxyl groups is 2. The Balaban J connectivity index is 1.17. The highest BCUT2D eigenvalue weighted by Gasteiger charge is 2.42. The fraction of sp³-hybridized carbons (Fsp3) is 0.353. The minimum absolute atomic E-state index is 0.0138. The van der Waals surface area contributed by atoms with Crippen LogP contribution in [0.3, 0.4) is 0 Å². The first-order chi connectivity index (χ1) is 20.4. The molecule has 6 nitrogen and oxygen atoms in total. The molecule has 8 heteroatoms. The highest BCUT2D eigenvalue weighted by molar-refractivity contribution is 6.19. The van der Waals surface area contributed by atoms with Crippen LogP contribution in [0.2, 0.25) is 0 Å². The lowest BCUT2D eigenvalue weighted by Gasteiger charge is -2.33. The van der Waals surface area contributed by atoms with E-state index in [9.17, 15) is 19.8 Å². The van der Waals surface area contributed by atoms with Crippen molar-refractivity contribution in [2.24, 2.45) is 11.8 Å². The number of fused-ring (bicyclic) bond motifs is 6. The summed E-state index contributed by atoms with van der Waals surface area (Å²) in [7, 11) is 0. The molecule has 1 saturated carbocycles. The largest absolute Gasteiger partial charge is 0.507 e. The lowest BCUT2D eigenvalue weighted by molar-refractivity contribution is -0.127. The van der Waals surface area contributed by atoms with Crippen molar-refractivity contribution in [3.63, 3.8) is 0 Å². The predicted octanol–water partition coefficient (Wildman–Crippen LogP) is 7.25. The van der Waals surface area contributed by atoms with Crippen LogP contribution in [-0.4, -0.2) is 46.9 Å². The van der Waals surface area contributed by atoms with Gasteiger partial charge in [-0.3, -0.25) is 9.59 Å². The molecule has 0 saturated heterocycles. The van der Waals surface area contributed by atoms with Gasteiger partial charge in [0.1, 0.15) is 11.5 Å². The molecule has 0 bridgehead atoms. The van der Waals surface area contributed by atoms with Gasteiger partial charge in [-0.2, -0.15) is 0 Å². The number of benzene rings is 4. The van der Waals surface area contributed by atoms with Crippen LogP contribution in [-0.2, 0) is 9.59 Å². The van der Waals surface area contributed by atoms with Crippen LogP contribution in [0, 0.1) is 11.8 Å². The van der Waals surface area contributed by atoms with E-state index in [2.05, 4.69) is 0 Å². The van der Waals surface area contributed by atoms with Crippen molar-refractivity contribution >= 4 is 67.9 Å². The van der Waals surface area contributed by atoms with Gasteiger partial charge in [0.2, 0.25) is 11.8 Å². The quantitative estimate of drug-likeness (QED) is 0.241. The average Bonchev–Trinajstić information content (AvgIpc) is 3.59. The predicted molar refractivity (Wildman–Crippen MR) is 168 cm³/mol. The summed E-state index contributed by atoms with van der Waals surface area (Å²) in [6.45, 7) is 0.924. The molecule has 42 heavy (non-hydrogen) atoms. The number of phenolic OH excluding ortho intramolecular Hbond substituents is 2. The maximum Gasteiger partial charge on any atom is 0.230 e. The fourth-order valence-corrected chi connectivity index (χ4v) is 8.11. The topological polar surface area (TPSA) is 81.1 Å². The number of halogens is 2. The number of alkyl halides is 2. The molecule has 4 aromatic rings. The summed E-state index contributed by atoms with van der Waals surface area (Å²) in [5, 5.41) is 24.9. The van der Waals surface area contributed by atoms with Crippen molar-refractivity contribution in [3.8, 4) is 11.5 Å². The highest BCUT2D eigenvalue weighted by atomic mass is 35.5. The number of rotatable bonds is 4. The molecule has 4 atom stereocenters. The van der Waals surface area contributed by atoms with Crippen molar-refractivity contribution in [2.75, 3.05) is 34.6 Å². The van der Waals surface area contributed by atoms with E-state index in [0.29, 0.717) is 44.1 Å². The maximum absolute atomic E-state index is 14.1. The van der Waals surface area contributed by atoms with Crippen molar-refractivity contribution in [1.82, 2.24) is 0 Å². The number of phenols is 2. The van der Waals surface area contributed by atoms with E-state index >= 15 is 0 Å². The van der Waals surface area contributed by atoms with Crippen molar-refractivity contribution in [3.05, 3.63) is 71.8 Å².